The molecule has 0 aromatic heterocycles. The van der Waals surface area contributed by atoms with Crippen molar-refractivity contribution in [1.29, 1.82) is 0 Å². The van der Waals surface area contributed by atoms with Gasteiger partial charge in [0, 0.05) is 21.2 Å². The van der Waals surface area contributed by atoms with Crippen LogP contribution in [0.1, 0.15) is 25.7 Å². The van der Waals surface area contributed by atoms with Gasteiger partial charge in [-0.15, -0.1) is 23.5 Å². The lowest BCUT2D eigenvalue weighted by atomic mass is 10.2. The summed E-state index contributed by atoms with van der Waals surface area (Å²) in [4.78, 5) is 2.63. The van der Waals surface area contributed by atoms with Crippen molar-refractivity contribution in [2.24, 2.45) is 0 Å². The third kappa shape index (κ3) is 6.67. The van der Waals surface area contributed by atoms with E-state index >= 15 is 0 Å². The maximum atomic E-state index is 5.68. The number of hydrogen-bond acceptors (Lipinski definition) is 4. The first-order valence-electron chi connectivity index (χ1n) is 7.71. The van der Waals surface area contributed by atoms with Gasteiger partial charge in [0.05, 0.1) is 0 Å². The van der Waals surface area contributed by atoms with Crippen molar-refractivity contribution >= 4 is 34.9 Å². The minimum absolute atomic E-state index is 0.836. The van der Waals surface area contributed by atoms with Gasteiger partial charge in [-0.2, -0.15) is 0 Å². The molecule has 0 aliphatic heterocycles. The maximum absolute atomic E-state index is 5.68. The van der Waals surface area contributed by atoms with Crippen LogP contribution in [-0.2, 0) is 0 Å². The molecule has 0 fully saturated rings. The van der Waals surface area contributed by atoms with Crippen LogP contribution in [0.2, 0.25) is 0 Å². The summed E-state index contributed by atoms with van der Waals surface area (Å²) in [6, 6.07) is 16.3. The number of anilines is 2. The summed E-state index contributed by atoms with van der Waals surface area (Å²) in [6.07, 6.45) is 5.18. The highest BCUT2D eigenvalue weighted by molar-refractivity contribution is 7.99. The highest BCUT2D eigenvalue weighted by Crippen LogP contribution is 2.22. The summed E-state index contributed by atoms with van der Waals surface area (Å²) in [7, 11) is 0. The number of benzene rings is 2. The lowest BCUT2D eigenvalue weighted by Gasteiger charge is -2.04. The van der Waals surface area contributed by atoms with Crippen LogP contribution in [0.15, 0.2) is 58.3 Å². The predicted octanol–water partition coefficient (Wildman–Crippen LogP) is 5.30. The molecule has 0 heterocycles. The number of thioether (sulfide) groups is 2. The van der Waals surface area contributed by atoms with Crippen LogP contribution in [0.3, 0.4) is 0 Å². The SMILES string of the molecule is Nc1ccc(SCCCCCCSc2ccc(N)cc2)cc1. The molecule has 0 bridgehead atoms. The van der Waals surface area contributed by atoms with Crippen molar-refractivity contribution in [2.45, 2.75) is 35.5 Å². The zero-order valence-corrected chi connectivity index (χ0v) is 14.5. The van der Waals surface area contributed by atoms with E-state index in [9.17, 15) is 0 Å². The van der Waals surface area contributed by atoms with E-state index < -0.39 is 0 Å². The Bertz CT molecular complexity index is 487. The second-order valence-electron chi connectivity index (χ2n) is 5.25. The molecule has 4 N–H and O–H groups in total. The molecule has 4 heteroatoms. The lowest BCUT2D eigenvalue weighted by molar-refractivity contribution is 0.711. The van der Waals surface area contributed by atoms with E-state index in [1.54, 1.807) is 0 Å². The standard InChI is InChI=1S/C18H24N2S2/c19-15-5-9-17(10-6-15)21-13-3-1-2-4-14-22-18-11-7-16(20)8-12-18/h5-12H,1-4,13-14,19-20H2. The van der Waals surface area contributed by atoms with E-state index in [2.05, 4.69) is 24.3 Å². The van der Waals surface area contributed by atoms with Gasteiger partial charge in [-0.05, 0) is 72.9 Å². The van der Waals surface area contributed by atoms with Crippen LogP contribution in [0.25, 0.3) is 0 Å². The topological polar surface area (TPSA) is 52.0 Å². The molecule has 2 rings (SSSR count). The summed E-state index contributed by atoms with van der Waals surface area (Å²) < 4.78 is 0. The average molecular weight is 333 g/mol. The Morgan fingerprint density at radius 3 is 1.27 bits per heavy atom. The molecule has 2 nitrogen and oxygen atoms in total. The molecule has 0 saturated carbocycles. The van der Waals surface area contributed by atoms with Crippen molar-refractivity contribution in [3.8, 4) is 0 Å². The van der Waals surface area contributed by atoms with Gasteiger partial charge in [0.25, 0.3) is 0 Å². The molecule has 2 aromatic rings. The maximum Gasteiger partial charge on any atom is 0.0314 e. The van der Waals surface area contributed by atoms with Gasteiger partial charge >= 0.3 is 0 Å². The highest BCUT2D eigenvalue weighted by Gasteiger charge is 1.97. The van der Waals surface area contributed by atoms with Gasteiger partial charge in [-0.3, -0.25) is 0 Å². The van der Waals surface area contributed by atoms with Crippen LogP contribution in [0, 0.1) is 0 Å². The van der Waals surface area contributed by atoms with Gasteiger partial charge in [0.1, 0.15) is 0 Å². The fourth-order valence-corrected chi connectivity index (χ4v) is 3.89. The van der Waals surface area contributed by atoms with E-state index in [1.807, 2.05) is 47.8 Å². The van der Waals surface area contributed by atoms with Gasteiger partial charge in [-0.25, -0.2) is 0 Å². The monoisotopic (exact) mass is 332 g/mol. The molecular formula is C18H24N2S2. The lowest BCUT2D eigenvalue weighted by Crippen LogP contribution is -1.86. The normalized spacial score (nSPS) is 10.7. The Morgan fingerprint density at radius 1 is 0.545 bits per heavy atom. The summed E-state index contributed by atoms with van der Waals surface area (Å²) in [5.74, 6) is 2.38. The van der Waals surface area contributed by atoms with E-state index in [0.29, 0.717) is 0 Å². The van der Waals surface area contributed by atoms with Crippen molar-refractivity contribution in [3.05, 3.63) is 48.5 Å². The van der Waals surface area contributed by atoms with E-state index in [-0.39, 0.29) is 0 Å². The third-order valence-electron chi connectivity index (χ3n) is 3.34. The van der Waals surface area contributed by atoms with E-state index in [0.717, 1.165) is 11.4 Å². The van der Waals surface area contributed by atoms with Crippen LogP contribution >= 0.6 is 23.5 Å². The van der Waals surface area contributed by atoms with E-state index in [1.165, 1.54) is 47.0 Å². The number of rotatable bonds is 9. The molecule has 118 valence electrons. The Hall–Kier alpha value is -1.26. The third-order valence-corrected chi connectivity index (χ3v) is 5.53. The van der Waals surface area contributed by atoms with Gasteiger partial charge < -0.3 is 11.5 Å². The van der Waals surface area contributed by atoms with Crippen molar-refractivity contribution < 1.29 is 0 Å². The average Bonchev–Trinajstić information content (AvgIpc) is 2.53. The van der Waals surface area contributed by atoms with Crippen molar-refractivity contribution in [3.63, 3.8) is 0 Å². The Labute approximate surface area is 142 Å². The van der Waals surface area contributed by atoms with E-state index in [4.69, 9.17) is 11.5 Å². The molecule has 0 aliphatic carbocycles. The second kappa shape index (κ2) is 9.70. The molecule has 0 aliphatic rings. The minimum Gasteiger partial charge on any atom is -0.399 e. The molecule has 0 radical (unpaired) electrons. The highest BCUT2D eigenvalue weighted by atomic mass is 32.2. The van der Waals surface area contributed by atoms with Crippen molar-refractivity contribution in [1.82, 2.24) is 0 Å². The molecule has 0 amide bonds. The zero-order chi connectivity index (χ0) is 15.6. The first-order chi connectivity index (χ1) is 10.7. The molecular weight excluding hydrogens is 308 g/mol. The van der Waals surface area contributed by atoms with Crippen LogP contribution < -0.4 is 11.5 Å². The number of hydrogen-bond donors (Lipinski definition) is 2. The number of unbranched alkanes of at least 4 members (excludes halogenated alkanes) is 3. The summed E-state index contributed by atoms with van der Waals surface area (Å²) >= 11 is 3.84. The molecule has 0 spiro atoms. The number of nitrogens with two attached hydrogens (primary N) is 2. The summed E-state index contributed by atoms with van der Waals surface area (Å²) in [5, 5.41) is 0. The van der Waals surface area contributed by atoms with Crippen LogP contribution in [-0.4, -0.2) is 11.5 Å². The second-order valence-corrected chi connectivity index (χ2v) is 7.59. The largest absolute Gasteiger partial charge is 0.399 e. The van der Waals surface area contributed by atoms with Crippen LogP contribution in [0.5, 0.6) is 0 Å². The first-order valence-corrected chi connectivity index (χ1v) is 9.68. The summed E-state index contributed by atoms with van der Waals surface area (Å²) in [6.45, 7) is 0. The fraction of sp³-hybridized carbons (Fsp3) is 0.333. The zero-order valence-electron chi connectivity index (χ0n) is 12.8. The van der Waals surface area contributed by atoms with Gasteiger partial charge in [-0.1, -0.05) is 12.8 Å². The quantitative estimate of drug-likeness (QED) is 0.372. The Kier molecular flexibility index (Phi) is 7.54. The molecule has 2 aromatic carbocycles. The van der Waals surface area contributed by atoms with Gasteiger partial charge in [0.15, 0.2) is 0 Å². The first kappa shape index (κ1) is 17.1. The molecule has 0 atom stereocenters. The molecule has 0 unspecified atom stereocenters. The van der Waals surface area contributed by atoms with Crippen LogP contribution in [0.4, 0.5) is 11.4 Å². The minimum atomic E-state index is 0.836. The van der Waals surface area contributed by atoms with Crippen molar-refractivity contribution in [2.75, 3.05) is 23.0 Å². The number of nitrogen functional groups attached to an aromatic ring is 2. The summed E-state index contributed by atoms with van der Waals surface area (Å²) in [5.41, 5.74) is 13.0. The smallest absolute Gasteiger partial charge is 0.0314 e. The fourth-order valence-electron chi connectivity index (χ4n) is 2.07. The van der Waals surface area contributed by atoms with Gasteiger partial charge in [0.2, 0.25) is 0 Å². The predicted molar refractivity (Wildman–Crippen MR) is 102 cm³/mol. The molecule has 22 heavy (non-hydrogen) atoms. The molecule has 0 saturated heterocycles. The Morgan fingerprint density at radius 2 is 0.909 bits per heavy atom. The Balaban J connectivity index is 1.47.